The van der Waals surface area contributed by atoms with Crippen molar-refractivity contribution in [2.24, 2.45) is 0 Å². The lowest BCUT2D eigenvalue weighted by atomic mass is 10.2. The van der Waals surface area contributed by atoms with Crippen LogP contribution in [0.4, 0.5) is 6.01 Å². The molecule has 0 unspecified atom stereocenters. The lowest BCUT2D eigenvalue weighted by molar-refractivity contribution is 0.102. The van der Waals surface area contributed by atoms with E-state index in [2.05, 4.69) is 15.5 Å². The van der Waals surface area contributed by atoms with Gasteiger partial charge in [-0.2, -0.15) is 4.31 Å². The maximum absolute atomic E-state index is 12.9. The largest absolute Gasteiger partial charge is 0.403 e. The number of carbonyl (C=O) groups excluding carboxylic acids is 1. The summed E-state index contributed by atoms with van der Waals surface area (Å²) in [7, 11) is -2.23. The summed E-state index contributed by atoms with van der Waals surface area (Å²) in [6, 6.07) is 19.5. The molecule has 0 saturated heterocycles. The third-order valence-electron chi connectivity index (χ3n) is 4.83. The molecule has 174 valence electrons. The Labute approximate surface area is 206 Å². The normalized spacial score (nSPS) is 11.5. The quantitative estimate of drug-likeness (QED) is 0.365. The number of anilines is 1. The minimum atomic E-state index is -3.73. The van der Waals surface area contributed by atoms with Gasteiger partial charge in [-0.3, -0.25) is 10.1 Å². The number of halogens is 2. The first-order valence-electron chi connectivity index (χ1n) is 9.94. The summed E-state index contributed by atoms with van der Waals surface area (Å²) in [4.78, 5) is 12.6. The Kier molecular flexibility index (Phi) is 6.99. The number of nitrogens with one attached hydrogen (secondary N) is 1. The Morgan fingerprint density at radius 2 is 1.62 bits per heavy atom. The molecule has 0 saturated carbocycles. The Hall–Kier alpha value is -3.24. The lowest BCUT2D eigenvalue weighted by Gasteiger charge is -2.17. The standard InChI is InChI=1S/C23H18Cl2N4O4S/c1-29(14-15-5-3-2-4-6-15)34(31,32)20-9-7-16(8-10-20)21(30)26-23-28-27-22(33-23)17-11-18(24)13-19(25)12-17/h2-13H,14H2,1H3,(H,26,28,30). The van der Waals surface area contributed by atoms with Crippen LogP contribution in [0.25, 0.3) is 11.5 Å². The monoisotopic (exact) mass is 516 g/mol. The fourth-order valence-corrected chi connectivity index (χ4v) is 4.81. The highest BCUT2D eigenvalue weighted by Gasteiger charge is 2.22. The van der Waals surface area contributed by atoms with E-state index in [0.29, 0.717) is 15.6 Å². The topological polar surface area (TPSA) is 105 Å². The van der Waals surface area contributed by atoms with Gasteiger partial charge in [-0.1, -0.05) is 58.6 Å². The number of hydrogen-bond donors (Lipinski definition) is 1. The van der Waals surface area contributed by atoms with E-state index in [1.807, 2.05) is 30.3 Å². The first-order chi connectivity index (χ1) is 16.2. The van der Waals surface area contributed by atoms with Crippen molar-refractivity contribution in [1.29, 1.82) is 0 Å². The van der Waals surface area contributed by atoms with Crippen molar-refractivity contribution in [2.45, 2.75) is 11.4 Å². The van der Waals surface area contributed by atoms with E-state index in [9.17, 15) is 13.2 Å². The van der Waals surface area contributed by atoms with Crippen molar-refractivity contribution in [2.75, 3.05) is 12.4 Å². The van der Waals surface area contributed by atoms with Crippen LogP contribution in [0.15, 0.2) is 82.1 Å². The van der Waals surface area contributed by atoms with Crippen molar-refractivity contribution in [3.63, 3.8) is 0 Å². The maximum Gasteiger partial charge on any atom is 0.322 e. The van der Waals surface area contributed by atoms with Crippen molar-refractivity contribution < 1.29 is 17.6 Å². The van der Waals surface area contributed by atoms with Crippen molar-refractivity contribution >= 4 is 45.1 Å². The van der Waals surface area contributed by atoms with Gasteiger partial charge in [0.15, 0.2) is 0 Å². The smallest absolute Gasteiger partial charge is 0.322 e. The van der Waals surface area contributed by atoms with Crippen molar-refractivity contribution in [3.05, 3.63) is 94.0 Å². The molecule has 3 aromatic carbocycles. The highest BCUT2D eigenvalue weighted by molar-refractivity contribution is 7.89. The Morgan fingerprint density at radius 1 is 0.971 bits per heavy atom. The molecule has 8 nitrogen and oxygen atoms in total. The highest BCUT2D eigenvalue weighted by Crippen LogP contribution is 2.27. The second-order valence-electron chi connectivity index (χ2n) is 7.30. The van der Waals surface area contributed by atoms with Gasteiger partial charge in [-0.25, -0.2) is 8.42 Å². The van der Waals surface area contributed by atoms with Crippen LogP contribution in [0.1, 0.15) is 15.9 Å². The van der Waals surface area contributed by atoms with Gasteiger partial charge in [0.25, 0.3) is 5.91 Å². The molecule has 0 spiro atoms. The summed E-state index contributed by atoms with van der Waals surface area (Å²) in [5, 5.41) is 11.0. The van der Waals surface area contributed by atoms with E-state index in [4.69, 9.17) is 27.6 Å². The van der Waals surface area contributed by atoms with Crippen LogP contribution in [-0.4, -0.2) is 35.9 Å². The second-order valence-corrected chi connectivity index (χ2v) is 10.2. The minimum Gasteiger partial charge on any atom is -0.403 e. The SMILES string of the molecule is CN(Cc1ccccc1)S(=O)(=O)c1ccc(C(=O)Nc2nnc(-c3cc(Cl)cc(Cl)c3)o2)cc1. The molecule has 1 heterocycles. The van der Waals surface area contributed by atoms with Gasteiger partial charge in [-0.15, -0.1) is 5.10 Å². The zero-order valence-electron chi connectivity index (χ0n) is 17.8. The number of benzene rings is 3. The van der Waals surface area contributed by atoms with Gasteiger partial charge in [0, 0.05) is 34.8 Å². The molecule has 0 atom stereocenters. The van der Waals surface area contributed by atoms with E-state index in [1.165, 1.54) is 35.6 Å². The molecule has 1 aromatic heterocycles. The summed E-state index contributed by atoms with van der Waals surface area (Å²) < 4.78 is 32.4. The van der Waals surface area contributed by atoms with Crippen molar-refractivity contribution in [3.8, 4) is 11.5 Å². The Balaban J connectivity index is 1.45. The van der Waals surface area contributed by atoms with Crippen LogP contribution in [-0.2, 0) is 16.6 Å². The molecule has 1 amide bonds. The molecule has 0 aliphatic carbocycles. The molecule has 0 radical (unpaired) electrons. The van der Waals surface area contributed by atoms with Crippen LogP contribution in [0, 0.1) is 0 Å². The third kappa shape index (κ3) is 5.45. The molecule has 0 fully saturated rings. The van der Waals surface area contributed by atoms with E-state index >= 15 is 0 Å². The molecule has 4 rings (SSSR count). The average molecular weight is 517 g/mol. The van der Waals surface area contributed by atoms with Gasteiger partial charge in [0.2, 0.25) is 15.9 Å². The molecule has 0 bridgehead atoms. The van der Waals surface area contributed by atoms with Crippen LogP contribution in [0.2, 0.25) is 10.0 Å². The molecule has 1 N–H and O–H groups in total. The fraction of sp³-hybridized carbons (Fsp3) is 0.0870. The summed E-state index contributed by atoms with van der Waals surface area (Å²) >= 11 is 12.0. The number of amides is 1. The van der Waals surface area contributed by atoms with Gasteiger partial charge < -0.3 is 4.42 Å². The summed E-state index contributed by atoms with van der Waals surface area (Å²) in [5.41, 5.74) is 1.58. The van der Waals surface area contributed by atoms with E-state index in [1.54, 1.807) is 18.2 Å². The zero-order valence-corrected chi connectivity index (χ0v) is 20.1. The molecule has 0 aliphatic rings. The predicted octanol–water partition coefficient (Wildman–Crippen LogP) is 5.12. The Morgan fingerprint density at radius 3 is 2.26 bits per heavy atom. The number of nitrogens with zero attached hydrogens (tertiary/aromatic N) is 3. The van der Waals surface area contributed by atoms with Gasteiger partial charge in [-0.05, 0) is 48.0 Å². The lowest BCUT2D eigenvalue weighted by Crippen LogP contribution is -2.26. The van der Waals surface area contributed by atoms with Crippen molar-refractivity contribution in [1.82, 2.24) is 14.5 Å². The van der Waals surface area contributed by atoms with Gasteiger partial charge in [0.05, 0.1) is 4.90 Å². The molecule has 4 aromatic rings. The predicted molar refractivity (Wildman–Crippen MR) is 129 cm³/mol. The molecule has 0 aliphatic heterocycles. The van der Waals surface area contributed by atoms with E-state index in [-0.39, 0.29) is 28.9 Å². The minimum absolute atomic E-state index is 0.0698. The number of aromatic nitrogens is 2. The van der Waals surface area contributed by atoms with Crippen LogP contribution in [0.5, 0.6) is 0 Å². The van der Waals surface area contributed by atoms with Crippen LogP contribution < -0.4 is 5.32 Å². The first-order valence-corrected chi connectivity index (χ1v) is 12.1. The molecular formula is C23H18Cl2N4O4S. The molecular weight excluding hydrogens is 499 g/mol. The third-order valence-corrected chi connectivity index (χ3v) is 7.08. The number of sulfonamides is 1. The van der Waals surface area contributed by atoms with Crippen LogP contribution in [0.3, 0.4) is 0 Å². The van der Waals surface area contributed by atoms with Crippen LogP contribution >= 0.6 is 23.2 Å². The summed E-state index contributed by atoms with van der Waals surface area (Å²) in [5.74, 6) is -0.413. The first kappa shape index (κ1) is 23.9. The average Bonchev–Trinajstić information content (AvgIpc) is 3.27. The number of carbonyl (C=O) groups is 1. The van der Waals surface area contributed by atoms with Gasteiger partial charge in [0.1, 0.15) is 0 Å². The highest BCUT2D eigenvalue weighted by atomic mass is 35.5. The molecule has 34 heavy (non-hydrogen) atoms. The summed E-state index contributed by atoms with van der Waals surface area (Å²) in [6.45, 7) is 0.225. The number of hydrogen-bond acceptors (Lipinski definition) is 6. The molecule has 11 heteroatoms. The number of rotatable bonds is 7. The summed E-state index contributed by atoms with van der Waals surface area (Å²) in [6.07, 6.45) is 0. The van der Waals surface area contributed by atoms with Gasteiger partial charge >= 0.3 is 6.01 Å². The fourth-order valence-electron chi connectivity index (χ4n) is 3.12. The zero-order chi connectivity index (χ0) is 24.3. The van der Waals surface area contributed by atoms with E-state index in [0.717, 1.165) is 5.56 Å². The Bertz CT molecular complexity index is 1400. The van der Waals surface area contributed by atoms with E-state index < -0.39 is 15.9 Å². The second kappa shape index (κ2) is 9.94. The maximum atomic E-state index is 12.9.